The zero-order valence-electron chi connectivity index (χ0n) is 8.82. The zero-order chi connectivity index (χ0) is 11.0. The maximum absolute atomic E-state index is 9.47. The molecule has 0 amide bonds. The molecule has 0 aromatic carbocycles. The average Bonchev–Trinajstić information content (AvgIpc) is 2.78. The van der Waals surface area contributed by atoms with E-state index < -0.39 is 0 Å². The van der Waals surface area contributed by atoms with E-state index in [-0.39, 0.29) is 6.10 Å². The van der Waals surface area contributed by atoms with Crippen LogP contribution in [0, 0.1) is 0 Å². The molecule has 2 aromatic heterocycles. The van der Waals surface area contributed by atoms with E-state index in [1.54, 1.807) is 12.5 Å². The molecule has 1 aliphatic rings. The molecule has 2 aromatic rings. The molecule has 3 rings (SSSR count). The third-order valence-corrected chi connectivity index (χ3v) is 2.96. The highest BCUT2D eigenvalue weighted by atomic mass is 16.3. The van der Waals surface area contributed by atoms with Crippen molar-refractivity contribution < 1.29 is 5.11 Å². The standard InChI is InChI=1S/C10H13N5O/c16-8-1-4-14(5-2-8)9-10-13-12-7-15(10)6-3-11-9/h3,6-8,16H,1-2,4-5H2. The van der Waals surface area contributed by atoms with Crippen molar-refractivity contribution in [2.45, 2.75) is 18.9 Å². The molecule has 0 spiro atoms. The number of hydrogen-bond acceptors (Lipinski definition) is 5. The number of nitrogens with zero attached hydrogens (tertiary/aromatic N) is 5. The van der Waals surface area contributed by atoms with Crippen LogP contribution in [0.1, 0.15) is 12.8 Å². The molecule has 3 heterocycles. The Labute approximate surface area is 92.5 Å². The fourth-order valence-electron chi connectivity index (χ4n) is 2.05. The van der Waals surface area contributed by atoms with Gasteiger partial charge in [-0.05, 0) is 12.8 Å². The lowest BCUT2D eigenvalue weighted by Crippen LogP contribution is -2.36. The van der Waals surface area contributed by atoms with E-state index >= 15 is 0 Å². The van der Waals surface area contributed by atoms with Gasteiger partial charge in [0.2, 0.25) is 5.65 Å². The van der Waals surface area contributed by atoms with Crippen LogP contribution in [0.5, 0.6) is 0 Å². The Bertz CT molecular complexity index is 489. The number of fused-ring (bicyclic) bond motifs is 1. The SMILES string of the molecule is OC1CCN(c2nccn3cnnc23)CC1. The lowest BCUT2D eigenvalue weighted by Gasteiger charge is -2.30. The highest BCUT2D eigenvalue weighted by molar-refractivity contribution is 5.63. The summed E-state index contributed by atoms with van der Waals surface area (Å²) >= 11 is 0. The maximum Gasteiger partial charge on any atom is 0.203 e. The Morgan fingerprint density at radius 3 is 2.94 bits per heavy atom. The molecule has 0 atom stereocenters. The van der Waals surface area contributed by atoms with E-state index in [4.69, 9.17) is 0 Å². The molecule has 0 bridgehead atoms. The van der Waals surface area contributed by atoms with E-state index in [1.807, 2.05) is 10.6 Å². The van der Waals surface area contributed by atoms with Crippen LogP contribution < -0.4 is 4.90 Å². The molecule has 84 valence electrons. The number of piperidine rings is 1. The fourth-order valence-corrected chi connectivity index (χ4v) is 2.05. The lowest BCUT2D eigenvalue weighted by molar-refractivity contribution is 0.145. The first-order chi connectivity index (χ1) is 7.84. The topological polar surface area (TPSA) is 66.5 Å². The van der Waals surface area contributed by atoms with Crippen LogP contribution in [0.15, 0.2) is 18.7 Å². The summed E-state index contributed by atoms with van der Waals surface area (Å²) in [6.07, 6.45) is 6.65. The number of rotatable bonds is 1. The third kappa shape index (κ3) is 1.51. The van der Waals surface area contributed by atoms with Gasteiger partial charge in [0.25, 0.3) is 0 Å². The summed E-state index contributed by atoms with van der Waals surface area (Å²) in [6.45, 7) is 1.64. The van der Waals surface area contributed by atoms with Gasteiger partial charge in [0.15, 0.2) is 5.82 Å². The van der Waals surface area contributed by atoms with Crippen molar-refractivity contribution in [1.82, 2.24) is 19.6 Å². The van der Waals surface area contributed by atoms with E-state index in [2.05, 4.69) is 20.1 Å². The first-order valence-electron chi connectivity index (χ1n) is 5.42. The Kier molecular flexibility index (Phi) is 2.21. The molecular formula is C10H13N5O. The summed E-state index contributed by atoms with van der Waals surface area (Å²) in [5.41, 5.74) is 0.777. The van der Waals surface area contributed by atoms with Gasteiger partial charge in [-0.2, -0.15) is 0 Å². The normalized spacial score (nSPS) is 18.2. The van der Waals surface area contributed by atoms with Crippen molar-refractivity contribution in [2.75, 3.05) is 18.0 Å². The van der Waals surface area contributed by atoms with Crippen molar-refractivity contribution in [3.63, 3.8) is 0 Å². The molecule has 0 unspecified atom stereocenters. The van der Waals surface area contributed by atoms with E-state index in [0.717, 1.165) is 37.4 Å². The van der Waals surface area contributed by atoms with Crippen molar-refractivity contribution >= 4 is 11.5 Å². The predicted octanol–water partition coefficient (Wildman–Crippen LogP) is 0.0854. The van der Waals surface area contributed by atoms with E-state index in [0.29, 0.717) is 0 Å². The summed E-state index contributed by atoms with van der Waals surface area (Å²) in [7, 11) is 0. The largest absolute Gasteiger partial charge is 0.393 e. The second-order valence-electron chi connectivity index (χ2n) is 4.03. The molecule has 1 N–H and O–H groups in total. The number of anilines is 1. The second-order valence-corrected chi connectivity index (χ2v) is 4.03. The number of aliphatic hydroxyl groups excluding tert-OH is 1. The third-order valence-electron chi connectivity index (χ3n) is 2.96. The molecule has 6 heteroatoms. The average molecular weight is 219 g/mol. The Hall–Kier alpha value is -1.69. The Morgan fingerprint density at radius 1 is 1.31 bits per heavy atom. The molecule has 1 saturated heterocycles. The predicted molar refractivity (Wildman–Crippen MR) is 58.2 cm³/mol. The van der Waals surface area contributed by atoms with Crippen LogP contribution in [-0.2, 0) is 0 Å². The first-order valence-corrected chi connectivity index (χ1v) is 5.42. The smallest absolute Gasteiger partial charge is 0.203 e. The van der Waals surface area contributed by atoms with Gasteiger partial charge in [-0.3, -0.25) is 4.40 Å². The summed E-state index contributed by atoms with van der Waals surface area (Å²) in [5.74, 6) is 0.854. The lowest BCUT2D eigenvalue weighted by atomic mass is 10.1. The minimum Gasteiger partial charge on any atom is -0.393 e. The molecule has 0 saturated carbocycles. The first kappa shape index (κ1) is 9.53. The molecular weight excluding hydrogens is 206 g/mol. The van der Waals surface area contributed by atoms with Crippen molar-refractivity contribution in [1.29, 1.82) is 0 Å². The maximum atomic E-state index is 9.47. The van der Waals surface area contributed by atoms with E-state index in [9.17, 15) is 5.11 Å². The molecule has 6 nitrogen and oxygen atoms in total. The van der Waals surface area contributed by atoms with Crippen LogP contribution in [0.4, 0.5) is 5.82 Å². The zero-order valence-corrected chi connectivity index (χ0v) is 8.82. The summed E-state index contributed by atoms with van der Waals surface area (Å²) in [5, 5.41) is 17.4. The highest BCUT2D eigenvalue weighted by Gasteiger charge is 2.20. The van der Waals surface area contributed by atoms with Gasteiger partial charge in [-0.1, -0.05) is 0 Å². The van der Waals surface area contributed by atoms with Gasteiger partial charge in [-0.15, -0.1) is 10.2 Å². The minimum absolute atomic E-state index is 0.172. The Balaban J connectivity index is 1.96. The van der Waals surface area contributed by atoms with Gasteiger partial charge in [0.05, 0.1) is 6.10 Å². The highest BCUT2D eigenvalue weighted by Crippen LogP contribution is 2.20. The van der Waals surface area contributed by atoms with E-state index in [1.165, 1.54) is 0 Å². The molecule has 1 aliphatic heterocycles. The van der Waals surface area contributed by atoms with Crippen LogP contribution in [-0.4, -0.2) is 43.9 Å². The molecule has 1 fully saturated rings. The Morgan fingerprint density at radius 2 is 2.12 bits per heavy atom. The van der Waals surface area contributed by atoms with Gasteiger partial charge in [0.1, 0.15) is 6.33 Å². The van der Waals surface area contributed by atoms with Crippen LogP contribution >= 0.6 is 0 Å². The van der Waals surface area contributed by atoms with Gasteiger partial charge < -0.3 is 10.0 Å². The van der Waals surface area contributed by atoms with Crippen molar-refractivity contribution in [3.8, 4) is 0 Å². The van der Waals surface area contributed by atoms with Crippen molar-refractivity contribution in [3.05, 3.63) is 18.7 Å². The molecule has 16 heavy (non-hydrogen) atoms. The fraction of sp³-hybridized carbons (Fsp3) is 0.500. The van der Waals surface area contributed by atoms with Crippen molar-refractivity contribution in [2.24, 2.45) is 0 Å². The number of aliphatic hydroxyl groups is 1. The van der Waals surface area contributed by atoms with Crippen LogP contribution in [0.25, 0.3) is 5.65 Å². The molecule has 0 aliphatic carbocycles. The summed E-state index contributed by atoms with van der Waals surface area (Å²) in [6, 6.07) is 0. The number of aromatic nitrogens is 4. The quantitative estimate of drug-likeness (QED) is 0.736. The summed E-state index contributed by atoms with van der Waals surface area (Å²) < 4.78 is 1.85. The minimum atomic E-state index is -0.172. The van der Waals surface area contributed by atoms with Crippen LogP contribution in [0.2, 0.25) is 0 Å². The monoisotopic (exact) mass is 219 g/mol. The van der Waals surface area contributed by atoms with Crippen LogP contribution in [0.3, 0.4) is 0 Å². The number of hydrogen-bond donors (Lipinski definition) is 1. The van der Waals surface area contributed by atoms with Gasteiger partial charge >= 0.3 is 0 Å². The second kappa shape index (κ2) is 3.71. The van der Waals surface area contributed by atoms with Gasteiger partial charge in [0, 0.05) is 25.5 Å². The molecule has 0 radical (unpaired) electrons. The van der Waals surface area contributed by atoms with Gasteiger partial charge in [-0.25, -0.2) is 4.98 Å². The summed E-state index contributed by atoms with van der Waals surface area (Å²) in [4.78, 5) is 6.50.